The van der Waals surface area contributed by atoms with Gasteiger partial charge in [-0.25, -0.2) is 13.1 Å². The lowest BCUT2D eigenvalue weighted by Gasteiger charge is -2.18. The van der Waals surface area contributed by atoms with E-state index >= 15 is 0 Å². The summed E-state index contributed by atoms with van der Waals surface area (Å²) in [6.07, 6.45) is 1.16. The third-order valence-electron chi connectivity index (χ3n) is 1.32. The quantitative estimate of drug-likeness (QED) is 0.633. The normalized spacial score (nSPS) is 13.2. The van der Waals surface area contributed by atoms with Crippen LogP contribution in [0, 0.1) is 5.41 Å². The van der Waals surface area contributed by atoms with Gasteiger partial charge < -0.3 is 5.32 Å². The van der Waals surface area contributed by atoms with Gasteiger partial charge in [0, 0.05) is 19.6 Å². The second-order valence-electron chi connectivity index (χ2n) is 4.40. The van der Waals surface area contributed by atoms with E-state index in [0.717, 1.165) is 12.8 Å². The molecule has 0 amide bonds. The summed E-state index contributed by atoms with van der Waals surface area (Å²) < 4.78 is 23.7. The Bertz CT molecular complexity index is 229. The minimum Gasteiger partial charge on any atom is -0.315 e. The van der Waals surface area contributed by atoms with E-state index in [1.165, 1.54) is 0 Å². The zero-order chi connectivity index (χ0) is 10.5. The van der Waals surface area contributed by atoms with E-state index in [4.69, 9.17) is 0 Å². The smallest absolute Gasteiger partial charge is 0.208 e. The average Bonchev–Trinajstić information content (AvgIpc) is 1.81. The van der Waals surface area contributed by atoms with Crippen molar-refractivity contribution in [3.05, 3.63) is 0 Å². The van der Waals surface area contributed by atoms with E-state index in [2.05, 4.69) is 30.8 Å². The second-order valence-corrected chi connectivity index (χ2v) is 6.24. The highest BCUT2D eigenvalue weighted by molar-refractivity contribution is 7.88. The van der Waals surface area contributed by atoms with E-state index < -0.39 is 10.0 Å². The molecule has 80 valence electrons. The average molecular weight is 208 g/mol. The lowest BCUT2D eigenvalue weighted by atomic mass is 9.97. The number of nitrogens with one attached hydrogen (secondary N) is 2. The fraction of sp³-hybridized carbons (Fsp3) is 1.00. The summed E-state index contributed by atoms with van der Waals surface area (Å²) in [6.45, 7) is 8.40. The molecule has 0 fully saturated rings. The Morgan fingerprint density at radius 3 is 2.08 bits per heavy atom. The summed E-state index contributed by atoms with van der Waals surface area (Å²) in [5, 5.41) is 3.17. The van der Waals surface area contributed by atoms with Gasteiger partial charge in [-0.1, -0.05) is 20.8 Å². The molecule has 0 aliphatic heterocycles. The van der Waals surface area contributed by atoms with Gasteiger partial charge >= 0.3 is 0 Å². The molecule has 0 radical (unpaired) electrons. The lowest BCUT2D eigenvalue weighted by molar-refractivity contribution is 0.382. The van der Waals surface area contributed by atoms with E-state index in [1.54, 1.807) is 0 Å². The Labute approximate surface area is 81.2 Å². The fourth-order valence-electron chi connectivity index (χ4n) is 0.788. The van der Waals surface area contributed by atoms with Crippen molar-refractivity contribution in [2.24, 2.45) is 5.41 Å². The van der Waals surface area contributed by atoms with Gasteiger partial charge in [0.2, 0.25) is 10.0 Å². The molecule has 0 heterocycles. The molecular weight excluding hydrogens is 188 g/mol. The molecule has 13 heavy (non-hydrogen) atoms. The first kappa shape index (κ1) is 12.9. The molecule has 0 atom stereocenters. The summed E-state index contributed by atoms with van der Waals surface area (Å²) in [6, 6.07) is 0. The number of rotatable bonds is 5. The van der Waals surface area contributed by atoms with Crippen LogP contribution >= 0.6 is 0 Å². The summed E-state index contributed by atoms with van der Waals surface area (Å²) in [5.74, 6) is 0. The minimum absolute atomic E-state index is 0.241. The van der Waals surface area contributed by atoms with Gasteiger partial charge in [-0.15, -0.1) is 0 Å². The molecule has 0 bridgehead atoms. The van der Waals surface area contributed by atoms with Crippen molar-refractivity contribution in [2.45, 2.75) is 20.8 Å². The number of hydrogen-bond acceptors (Lipinski definition) is 3. The molecule has 0 unspecified atom stereocenters. The molecule has 0 aromatic heterocycles. The number of hydrogen-bond donors (Lipinski definition) is 2. The predicted molar refractivity (Wildman–Crippen MR) is 55.2 cm³/mol. The van der Waals surface area contributed by atoms with Gasteiger partial charge in [-0.3, -0.25) is 0 Å². The molecular formula is C8H20N2O2S. The van der Waals surface area contributed by atoms with Crippen LogP contribution in [0.25, 0.3) is 0 Å². The van der Waals surface area contributed by atoms with Crippen molar-refractivity contribution in [1.82, 2.24) is 10.0 Å². The molecule has 0 spiro atoms. The highest BCUT2D eigenvalue weighted by Gasteiger charge is 2.08. The fourth-order valence-corrected chi connectivity index (χ4v) is 1.26. The van der Waals surface area contributed by atoms with Crippen molar-refractivity contribution >= 4 is 10.0 Å². The molecule has 0 aromatic carbocycles. The Balaban J connectivity index is 3.39. The van der Waals surface area contributed by atoms with Crippen LogP contribution < -0.4 is 10.0 Å². The van der Waals surface area contributed by atoms with Gasteiger partial charge in [0.25, 0.3) is 0 Å². The van der Waals surface area contributed by atoms with Crippen molar-refractivity contribution in [3.8, 4) is 0 Å². The highest BCUT2D eigenvalue weighted by Crippen LogP contribution is 2.09. The van der Waals surface area contributed by atoms with Crippen molar-refractivity contribution in [2.75, 3.05) is 25.9 Å². The number of sulfonamides is 1. The maximum atomic E-state index is 10.7. The molecule has 5 heteroatoms. The Morgan fingerprint density at radius 2 is 1.69 bits per heavy atom. The maximum Gasteiger partial charge on any atom is 0.208 e. The molecule has 4 nitrogen and oxygen atoms in total. The monoisotopic (exact) mass is 208 g/mol. The molecule has 0 aromatic rings. The van der Waals surface area contributed by atoms with Gasteiger partial charge in [-0.2, -0.15) is 0 Å². The van der Waals surface area contributed by atoms with Crippen LogP contribution in [0.3, 0.4) is 0 Å². The highest BCUT2D eigenvalue weighted by atomic mass is 32.2. The van der Waals surface area contributed by atoms with E-state index in [0.29, 0.717) is 13.1 Å². The third-order valence-corrected chi connectivity index (χ3v) is 2.05. The summed E-state index contributed by atoms with van der Waals surface area (Å²) in [7, 11) is -3.03. The molecule has 0 saturated carbocycles. The maximum absolute atomic E-state index is 10.7. The van der Waals surface area contributed by atoms with Crippen molar-refractivity contribution in [3.63, 3.8) is 0 Å². The molecule has 0 rings (SSSR count). The van der Waals surface area contributed by atoms with Gasteiger partial charge in [0.1, 0.15) is 0 Å². The Kier molecular flexibility index (Phi) is 4.88. The summed E-state index contributed by atoms with van der Waals surface area (Å²) in [5.41, 5.74) is 0.241. The van der Waals surface area contributed by atoms with Crippen LogP contribution in [0.2, 0.25) is 0 Å². The van der Waals surface area contributed by atoms with Crippen LogP contribution in [-0.2, 0) is 10.0 Å². The molecule has 0 saturated heterocycles. The third kappa shape index (κ3) is 11.9. The van der Waals surface area contributed by atoms with E-state index in [1.807, 2.05) is 0 Å². The summed E-state index contributed by atoms with van der Waals surface area (Å²) in [4.78, 5) is 0. The molecule has 2 N–H and O–H groups in total. The zero-order valence-corrected chi connectivity index (χ0v) is 9.66. The minimum atomic E-state index is -3.03. The van der Waals surface area contributed by atoms with Crippen LogP contribution in [-0.4, -0.2) is 34.3 Å². The van der Waals surface area contributed by atoms with Crippen LogP contribution in [0.5, 0.6) is 0 Å². The first-order valence-electron chi connectivity index (χ1n) is 4.36. The van der Waals surface area contributed by atoms with Gasteiger partial charge in [0.15, 0.2) is 0 Å². The predicted octanol–water partition coefficient (Wildman–Crippen LogP) is 0.171. The van der Waals surface area contributed by atoms with Crippen LogP contribution in [0.1, 0.15) is 20.8 Å². The van der Waals surface area contributed by atoms with E-state index in [9.17, 15) is 8.42 Å². The second kappa shape index (κ2) is 4.93. The van der Waals surface area contributed by atoms with Gasteiger partial charge in [0.05, 0.1) is 6.26 Å². The topological polar surface area (TPSA) is 58.2 Å². The molecule has 0 aliphatic carbocycles. The van der Waals surface area contributed by atoms with Gasteiger partial charge in [-0.05, 0) is 5.41 Å². The Hall–Kier alpha value is -0.130. The van der Waals surface area contributed by atoms with Crippen molar-refractivity contribution in [1.29, 1.82) is 0 Å². The largest absolute Gasteiger partial charge is 0.315 e. The molecule has 0 aliphatic rings. The van der Waals surface area contributed by atoms with Crippen molar-refractivity contribution < 1.29 is 8.42 Å². The first-order chi connectivity index (χ1) is 5.71. The van der Waals surface area contributed by atoms with E-state index in [-0.39, 0.29) is 5.41 Å². The Morgan fingerprint density at radius 1 is 1.15 bits per heavy atom. The van der Waals surface area contributed by atoms with Crippen LogP contribution in [0.15, 0.2) is 0 Å². The first-order valence-corrected chi connectivity index (χ1v) is 6.25. The lowest BCUT2D eigenvalue weighted by Crippen LogP contribution is -2.34. The summed E-state index contributed by atoms with van der Waals surface area (Å²) >= 11 is 0. The zero-order valence-electron chi connectivity index (χ0n) is 8.85. The SMILES string of the molecule is CC(C)(C)CNCCNS(C)(=O)=O. The van der Waals surface area contributed by atoms with Crippen LogP contribution in [0.4, 0.5) is 0 Å². The standard InChI is InChI=1S/C8H20N2O2S/c1-8(2,3)7-9-5-6-10-13(4,11)12/h9-10H,5-7H2,1-4H3.